The van der Waals surface area contributed by atoms with E-state index < -0.39 is 11.6 Å². The highest BCUT2D eigenvalue weighted by Gasteiger charge is 2.50. The van der Waals surface area contributed by atoms with Gasteiger partial charge in [0.05, 0.1) is 20.1 Å². The molecular formula is C26H28N3O3+. The molecule has 0 spiro atoms. The van der Waals surface area contributed by atoms with Gasteiger partial charge in [0.25, 0.3) is 0 Å². The summed E-state index contributed by atoms with van der Waals surface area (Å²) in [4.78, 5) is 21.7. The maximum atomic E-state index is 13.5. The van der Waals surface area contributed by atoms with E-state index in [-0.39, 0.29) is 6.10 Å². The second-order valence-electron chi connectivity index (χ2n) is 9.22. The Bertz CT molecular complexity index is 1090. The van der Waals surface area contributed by atoms with Gasteiger partial charge in [0.2, 0.25) is 5.60 Å². The first-order valence-electron chi connectivity index (χ1n) is 11.2. The van der Waals surface area contributed by atoms with Crippen LogP contribution in [0.5, 0.6) is 0 Å². The van der Waals surface area contributed by atoms with Crippen LogP contribution in [0.4, 0.5) is 0 Å². The van der Waals surface area contributed by atoms with E-state index in [1.54, 1.807) is 6.33 Å². The average Bonchev–Trinajstić information content (AvgIpc) is 3.09. The SMILES string of the molecule is C[N+]1(CCc2cncnc2)CCCC(OC(=O)C2(O)c3ccccc3-c3ccccc32)C1. The fourth-order valence-electron chi connectivity index (χ4n) is 5.20. The monoisotopic (exact) mass is 430 g/mol. The Morgan fingerprint density at radius 2 is 1.72 bits per heavy atom. The van der Waals surface area contributed by atoms with E-state index in [2.05, 4.69) is 17.0 Å². The van der Waals surface area contributed by atoms with Gasteiger partial charge in [0, 0.05) is 36.4 Å². The van der Waals surface area contributed by atoms with E-state index in [9.17, 15) is 9.90 Å². The largest absolute Gasteiger partial charge is 0.454 e. The number of likely N-dealkylation sites (tertiary alicyclic amines) is 1. The van der Waals surface area contributed by atoms with Crippen molar-refractivity contribution in [2.45, 2.75) is 31.0 Å². The quantitative estimate of drug-likeness (QED) is 0.498. The van der Waals surface area contributed by atoms with Gasteiger partial charge in [-0.25, -0.2) is 14.8 Å². The summed E-state index contributed by atoms with van der Waals surface area (Å²) in [7, 11) is 2.21. The van der Waals surface area contributed by atoms with Gasteiger partial charge in [-0.15, -0.1) is 0 Å². The number of fused-ring (bicyclic) bond motifs is 3. The molecule has 1 aliphatic heterocycles. The normalized spacial score (nSPS) is 23.2. The van der Waals surface area contributed by atoms with Gasteiger partial charge in [-0.2, -0.15) is 0 Å². The van der Waals surface area contributed by atoms with Crippen LogP contribution in [0.25, 0.3) is 11.1 Å². The molecule has 1 aliphatic carbocycles. The number of hydrogen-bond donors (Lipinski definition) is 1. The van der Waals surface area contributed by atoms with Gasteiger partial charge in [0.1, 0.15) is 12.9 Å². The summed E-state index contributed by atoms with van der Waals surface area (Å²) >= 11 is 0. The molecule has 1 N–H and O–H groups in total. The number of ether oxygens (including phenoxy) is 1. The van der Waals surface area contributed by atoms with E-state index >= 15 is 0 Å². The lowest BCUT2D eigenvalue weighted by Gasteiger charge is -2.41. The van der Waals surface area contributed by atoms with Crippen molar-refractivity contribution in [3.05, 3.63) is 83.9 Å². The van der Waals surface area contributed by atoms with Crippen LogP contribution >= 0.6 is 0 Å². The lowest BCUT2D eigenvalue weighted by Crippen LogP contribution is -2.55. The Balaban J connectivity index is 1.34. The Morgan fingerprint density at radius 1 is 1.09 bits per heavy atom. The third kappa shape index (κ3) is 3.59. The number of nitrogens with zero attached hydrogens (tertiary/aromatic N) is 3. The molecule has 0 amide bonds. The minimum Gasteiger partial charge on any atom is -0.454 e. The molecule has 6 heteroatoms. The maximum absolute atomic E-state index is 13.5. The zero-order chi connectivity index (χ0) is 22.2. The molecule has 32 heavy (non-hydrogen) atoms. The minimum absolute atomic E-state index is 0.225. The minimum atomic E-state index is -1.77. The Hall–Kier alpha value is -3.09. The van der Waals surface area contributed by atoms with Gasteiger partial charge in [0.15, 0.2) is 6.10 Å². The molecule has 2 aliphatic rings. The topological polar surface area (TPSA) is 72.3 Å². The van der Waals surface area contributed by atoms with Crippen LogP contribution in [0, 0.1) is 0 Å². The molecule has 3 aromatic rings. The van der Waals surface area contributed by atoms with Crippen LogP contribution in [0.3, 0.4) is 0 Å². The molecule has 2 unspecified atom stereocenters. The van der Waals surface area contributed by atoms with Crippen molar-refractivity contribution < 1.29 is 19.1 Å². The van der Waals surface area contributed by atoms with Crippen LogP contribution in [0.2, 0.25) is 0 Å². The molecule has 1 fully saturated rings. The molecule has 1 aromatic heterocycles. The summed E-state index contributed by atoms with van der Waals surface area (Å²) in [5.74, 6) is -0.579. The Morgan fingerprint density at radius 3 is 2.38 bits per heavy atom. The predicted molar refractivity (Wildman–Crippen MR) is 121 cm³/mol. The lowest BCUT2D eigenvalue weighted by atomic mass is 9.91. The zero-order valence-corrected chi connectivity index (χ0v) is 18.3. The van der Waals surface area contributed by atoms with Gasteiger partial charge < -0.3 is 14.3 Å². The number of hydrogen-bond acceptors (Lipinski definition) is 5. The molecular weight excluding hydrogens is 402 g/mol. The summed E-state index contributed by atoms with van der Waals surface area (Å²) in [5, 5.41) is 11.7. The van der Waals surface area contributed by atoms with Gasteiger partial charge >= 0.3 is 5.97 Å². The van der Waals surface area contributed by atoms with E-state index in [1.165, 1.54) is 0 Å². The summed E-state index contributed by atoms with van der Waals surface area (Å²) < 4.78 is 6.83. The summed E-state index contributed by atoms with van der Waals surface area (Å²) in [6, 6.07) is 15.1. The van der Waals surface area contributed by atoms with E-state index in [4.69, 9.17) is 4.74 Å². The average molecular weight is 431 g/mol. The molecule has 0 radical (unpaired) electrons. The number of piperidine rings is 1. The van der Waals surface area contributed by atoms with Gasteiger partial charge in [-0.3, -0.25) is 0 Å². The van der Waals surface area contributed by atoms with Crippen LogP contribution in [0.15, 0.2) is 67.3 Å². The first-order chi connectivity index (χ1) is 15.5. The summed E-state index contributed by atoms with van der Waals surface area (Å²) in [6.07, 6.45) is 7.69. The first-order valence-corrected chi connectivity index (χ1v) is 11.2. The van der Waals surface area contributed by atoms with Gasteiger partial charge in [-0.1, -0.05) is 48.5 Å². The van der Waals surface area contributed by atoms with Crippen molar-refractivity contribution >= 4 is 5.97 Å². The molecule has 1 saturated heterocycles. The Kier molecular flexibility index (Phi) is 5.27. The number of carbonyl (C=O) groups excluding carboxylic acids is 1. The summed E-state index contributed by atoms with van der Waals surface area (Å²) in [6.45, 7) is 2.70. The zero-order valence-electron chi connectivity index (χ0n) is 18.3. The molecule has 5 rings (SSSR count). The lowest BCUT2D eigenvalue weighted by molar-refractivity contribution is -0.916. The smallest absolute Gasteiger partial charge is 0.348 e. The van der Waals surface area contributed by atoms with Crippen molar-refractivity contribution in [3.8, 4) is 11.1 Å². The number of likely N-dealkylation sites (N-methyl/N-ethyl adjacent to an activating group) is 1. The highest BCUT2D eigenvalue weighted by Crippen LogP contribution is 2.48. The number of carbonyl (C=O) groups is 1. The van der Waals surface area contributed by atoms with Crippen LogP contribution < -0.4 is 0 Å². The molecule has 6 nitrogen and oxygen atoms in total. The van der Waals surface area contributed by atoms with Gasteiger partial charge in [-0.05, 0) is 23.1 Å². The third-order valence-electron chi connectivity index (χ3n) is 6.92. The molecule has 0 bridgehead atoms. The molecule has 164 valence electrons. The second-order valence-corrected chi connectivity index (χ2v) is 9.22. The summed E-state index contributed by atoms with van der Waals surface area (Å²) in [5.41, 5.74) is 2.31. The highest BCUT2D eigenvalue weighted by atomic mass is 16.6. The van der Waals surface area contributed by atoms with Crippen molar-refractivity contribution in [3.63, 3.8) is 0 Å². The van der Waals surface area contributed by atoms with E-state index in [0.29, 0.717) is 11.1 Å². The fraction of sp³-hybridized carbons (Fsp3) is 0.346. The number of quaternary nitrogens is 1. The number of aliphatic hydroxyl groups is 1. The van der Waals surface area contributed by atoms with E-state index in [1.807, 2.05) is 60.9 Å². The van der Waals surface area contributed by atoms with Crippen LogP contribution in [-0.4, -0.2) is 58.3 Å². The standard InChI is InChI=1S/C26H28N3O3/c1-29(14-12-19-15-27-18-28-16-19)13-6-7-20(17-29)32-25(30)26(31)23-10-4-2-8-21(23)22-9-3-5-11-24(22)26/h2-5,8-11,15-16,18,20,31H,6-7,12-14,17H2,1H3/q+1. The molecule has 2 heterocycles. The fourth-order valence-corrected chi connectivity index (χ4v) is 5.20. The van der Waals surface area contributed by atoms with Crippen molar-refractivity contribution in [2.24, 2.45) is 0 Å². The molecule has 0 saturated carbocycles. The maximum Gasteiger partial charge on any atom is 0.348 e. The highest BCUT2D eigenvalue weighted by molar-refractivity contribution is 5.96. The number of esters is 1. The number of benzene rings is 2. The predicted octanol–water partition coefficient (Wildman–Crippen LogP) is 3.09. The molecule has 2 aromatic carbocycles. The molecule has 2 atom stereocenters. The number of aromatic nitrogens is 2. The van der Waals surface area contributed by atoms with Crippen LogP contribution in [0.1, 0.15) is 29.5 Å². The second kappa shape index (κ2) is 8.11. The van der Waals surface area contributed by atoms with Crippen LogP contribution in [-0.2, 0) is 21.6 Å². The van der Waals surface area contributed by atoms with E-state index in [0.717, 1.165) is 60.1 Å². The van der Waals surface area contributed by atoms with Crippen molar-refractivity contribution in [2.75, 3.05) is 26.7 Å². The Labute approximate surface area is 188 Å². The van der Waals surface area contributed by atoms with Crippen molar-refractivity contribution in [1.82, 2.24) is 9.97 Å². The third-order valence-corrected chi connectivity index (χ3v) is 6.92. The first kappa shape index (κ1) is 20.8. The van der Waals surface area contributed by atoms with Crippen molar-refractivity contribution in [1.29, 1.82) is 0 Å². The number of rotatable bonds is 5.